The van der Waals surface area contributed by atoms with Gasteiger partial charge in [0.15, 0.2) is 0 Å². The number of allylic oxidation sites excluding steroid dienone is 2. The highest BCUT2D eigenvalue weighted by atomic mass is 16.3. The second kappa shape index (κ2) is 6.07. The van der Waals surface area contributed by atoms with Crippen LogP contribution in [0, 0.1) is 34.5 Å². The Morgan fingerprint density at radius 1 is 1.00 bits per heavy atom. The maximum absolute atomic E-state index is 11.2. The van der Waals surface area contributed by atoms with Crippen LogP contribution in [0.3, 0.4) is 0 Å². The molecule has 4 aliphatic rings. The zero-order chi connectivity index (χ0) is 18.0. The highest BCUT2D eigenvalue weighted by Gasteiger charge is 2.63. The number of aliphatic hydroxyl groups excluding tert-OH is 2. The van der Waals surface area contributed by atoms with Gasteiger partial charge in [0, 0.05) is 6.04 Å². The first kappa shape index (κ1) is 18.0. The zero-order valence-electron chi connectivity index (χ0n) is 16.5. The van der Waals surface area contributed by atoms with Crippen LogP contribution in [-0.4, -0.2) is 35.5 Å². The maximum atomic E-state index is 11.2. The van der Waals surface area contributed by atoms with Crippen molar-refractivity contribution in [3.05, 3.63) is 11.6 Å². The number of hydrogen-bond acceptors (Lipinski definition) is 3. The Morgan fingerprint density at radius 3 is 2.44 bits per heavy atom. The first-order valence-electron chi connectivity index (χ1n) is 10.6. The molecule has 4 rings (SSSR count). The molecule has 3 heteroatoms. The SMILES string of the molecule is C/C=C1/CCC2C3C(O)[C@H](O)C4CC(NC)CC[C@]4(C)C3CC[C@]12C. The van der Waals surface area contributed by atoms with Gasteiger partial charge >= 0.3 is 0 Å². The quantitative estimate of drug-likeness (QED) is 0.636. The van der Waals surface area contributed by atoms with E-state index in [1.54, 1.807) is 5.57 Å². The monoisotopic (exact) mass is 347 g/mol. The lowest BCUT2D eigenvalue weighted by atomic mass is 9.43. The summed E-state index contributed by atoms with van der Waals surface area (Å²) in [6.07, 6.45) is 9.50. The van der Waals surface area contributed by atoms with Crippen molar-refractivity contribution in [2.45, 2.75) is 84.0 Å². The Bertz CT molecular complexity index is 560. The highest BCUT2D eigenvalue weighted by Crippen LogP contribution is 2.67. The number of nitrogens with one attached hydrogen (secondary N) is 1. The molecular weight excluding hydrogens is 310 g/mol. The predicted octanol–water partition coefficient (Wildman–Crippen LogP) is 3.51. The van der Waals surface area contributed by atoms with Gasteiger partial charge < -0.3 is 15.5 Å². The summed E-state index contributed by atoms with van der Waals surface area (Å²) < 4.78 is 0. The Hall–Kier alpha value is -0.380. The molecule has 4 saturated carbocycles. The lowest BCUT2D eigenvalue weighted by Crippen LogP contribution is -2.64. The van der Waals surface area contributed by atoms with Crippen LogP contribution >= 0.6 is 0 Å². The average molecular weight is 348 g/mol. The van der Waals surface area contributed by atoms with Gasteiger partial charge in [-0.3, -0.25) is 0 Å². The summed E-state index contributed by atoms with van der Waals surface area (Å²) in [6, 6.07) is 0.492. The molecule has 0 bridgehead atoms. The molecule has 3 N–H and O–H groups in total. The van der Waals surface area contributed by atoms with Gasteiger partial charge in [-0.25, -0.2) is 0 Å². The Balaban J connectivity index is 1.70. The number of hydrogen-bond donors (Lipinski definition) is 3. The Labute approximate surface area is 153 Å². The molecular formula is C22H37NO2. The van der Waals surface area contributed by atoms with Crippen molar-refractivity contribution in [3.8, 4) is 0 Å². The van der Waals surface area contributed by atoms with Crippen LogP contribution in [0.25, 0.3) is 0 Å². The van der Waals surface area contributed by atoms with E-state index in [0.29, 0.717) is 17.9 Å². The molecule has 25 heavy (non-hydrogen) atoms. The van der Waals surface area contributed by atoms with Crippen molar-refractivity contribution in [2.75, 3.05) is 7.05 Å². The summed E-state index contributed by atoms with van der Waals surface area (Å²) in [5, 5.41) is 25.8. The fourth-order valence-corrected chi connectivity index (χ4v) is 7.85. The highest BCUT2D eigenvalue weighted by molar-refractivity contribution is 5.25. The molecule has 0 radical (unpaired) electrons. The van der Waals surface area contributed by atoms with Crippen molar-refractivity contribution in [2.24, 2.45) is 34.5 Å². The van der Waals surface area contributed by atoms with Gasteiger partial charge in [0.05, 0.1) is 12.2 Å². The number of aliphatic hydroxyl groups is 2. The molecule has 0 aromatic heterocycles. The molecule has 4 fully saturated rings. The summed E-state index contributed by atoms with van der Waals surface area (Å²) in [5.41, 5.74) is 2.04. The van der Waals surface area contributed by atoms with Crippen molar-refractivity contribution in [1.82, 2.24) is 5.32 Å². The van der Waals surface area contributed by atoms with Gasteiger partial charge in [-0.05, 0) is 93.4 Å². The second-order valence-corrected chi connectivity index (χ2v) is 9.95. The lowest BCUT2D eigenvalue weighted by Gasteiger charge is -2.63. The van der Waals surface area contributed by atoms with E-state index >= 15 is 0 Å². The van der Waals surface area contributed by atoms with Crippen LogP contribution in [0.15, 0.2) is 11.6 Å². The number of fused-ring (bicyclic) bond motifs is 5. The molecule has 142 valence electrons. The van der Waals surface area contributed by atoms with Gasteiger partial charge in [-0.2, -0.15) is 0 Å². The summed E-state index contributed by atoms with van der Waals surface area (Å²) >= 11 is 0. The van der Waals surface area contributed by atoms with Crippen LogP contribution in [0.4, 0.5) is 0 Å². The third-order valence-corrected chi connectivity index (χ3v) is 9.36. The van der Waals surface area contributed by atoms with Crippen LogP contribution < -0.4 is 5.32 Å². The van der Waals surface area contributed by atoms with E-state index in [9.17, 15) is 10.2 Å². The average Bonchev–Trinajstić information content (AvgIpc) is 2.95. The number of rotatable bonds is 1. The first-order valence-corrected chi connectivity index (χ1v) is 10.6. The van der Waals surface area contributed by atoms with E-state index in [2.05, 4.69) is 32.2 Å². The van der Waals surface area contributed by atoms with E-state index in [-0.39, 0.29) is 22.7 Å². The molecule has 0 heterocycles. The molecule has 3 nitrogen and oxygen atoms in total. The minimum Gasteiger partial charge on any atom is -0.390 e. The van der Waals surface area contributed by atoms with Crippen molar-refractivity contribution in [3.63, 3.8) is 0 Å². The van der Waals surface area contributed by atoms with E-state index in [1.165, 1.54) is 38.5 Å². The smallest absolute Gasteiger partial charge is 0.0836 e. The van der Waals surface area contributed by atoms with Crippen molar-refractivity contribution in [1.29, 1.82) is 0 Å². The summed E-state index contributed by atoms with van der Waals surface area (Å²) in [7, 11) is 2.03. The van der Waals surface area contributed by atoms with Crippen molar-refractivity contribution >= 4 is 0 Å². The predicted molar refractivity (Wildman–Crippen MR) is 101 cm³/mol. The summed E-state index contributed by atoms with van der Waals surface area (Å²) in [5.74, 6) is 1.63. The molecule has 6 unspecified atom stereocenters. The van der Waals surface area contributed by atoms with Gasteiger partial charge in [-0.15, -0.1) is 0 Å². The van der Waals surface area contributed by atoms with E-state index in [0.717, 1.165) is 6.42 Å². The molecule has 4 aliphatic carbocycles. The zero-order valence-corrected chi connectivity index (χ0v) is 16.5. The van der Waals surface area contributed by atoms with Gasteiger partial charge in [0.2, 0.25) is 0 Å². The molecule has 0 amide bonds. The molecule has 0 aromatic rings. The van der Waals surface area contributed by atoms with Crippen LogP contribution in [0.2, 0.25) is 0 Å². The van der Waals surface area contributed by atoms with Crippen LogP contribution in [0.1, 0.15) is 65.7 Å². The fourth-order valence-electron chi connectivity index (χ4n) is 7.85. The third kappa shape index (κ3) is 2.34. The van der Waals surface area contributed by atoms with Crippen LogP contribution in [0.5, 0.6) is 0 Å². The van der Waals surface area contributed by atoms with Crippen molar-refractivity contribution < 1.29 is 10.2 Å². The lowest BCUT2D eigenvalue weighted by molar-refractivity contribution is -0.211. The van der Waals surface area contributed by atoms with Gasteiger partial charge in [0.1, 0.15) is 0 Å². The maximum Gasteiger partial charge on any atom is 0.0836 e. The minimum absolute atomic E-state index is 0.191. The second-order valence-electron chi connectivity index (χ2n) is 9.95. The molecule has 0 aromatic carbocycles. The van der Waals surface area contributed by atoms with Crippen LogP contribution in [-0.2, 0) is 0 Å². The molecule has 0 saturated heterocycles. The first-order chi connectivity index (χ1) is 11.9. The van der Waals surface area contributed by atoms with E-state index in [1.807, 2.05) is 7.05 Å². The molecule has 0 spiro atoms. The summed E-state index contributed by atoms with van der Waals surface area (Å²) in [4.78, 5) is 0. The van der Waals surface area contributed by atoms with E-state index < -0.39 is 12.2 Å². The van der Waals surface area contributed by atoms with E-state index in [4.69, 9.17) is 0 Å². The molecule has 9 atom stereocenters. The fraction of sp³-hybridized carbons (Fsp3) is 0.909. The Kier molecular flexibility index (Phi) is 4.37. The standard InChI is InChI=1S/C22H37NO2/c1-5-13-6-7-15-18-16(9-11-21(13,15)2)22(3)10-8-14(23-4)12-17(22)19(24)20(18)25/h5,14-20,23-25H,6-12H2,1-4H3/b13-5-/t14?,15?,16?,17?,18?,19-,20?,21-,22-/m1/s1. The summed E-state index contributed by atoms with van der Waals surface area (Å²) in [6.45, 7) is 7.05. The third-order valence-electron chi connectivity index (χ3n) is 9.36. The van der Waals surface area contributed by atoms with Gasteiger partial charge in [-0.1, -0.05) is 25.5 Å². The Morgan fingerprint density at radius 2 is 1.76 bits per heavy atom. The normalized spacial score (nSPS) is 57.0. The topological polar surface area (TPSA) is 52.5 Å². The van der Waals surface area contributed by atoms with Gasteiger partial charge in [0.25, 0.3) is 0 Å². The minimum atomic E-state index is -0.556. The largest absolute Gasteiger partial charge is 0.390 e. The molecule has 0 aliphatic heterocycles.